The summed E-state index contributed by atoms with van der Waals surface area (Å²) in [5, 5.41) is 5.55. The first-order chi connectivity index (χ1) is 16.7. The van der Waals surface area contributed by atoms with Crippen molar-refractivity contribution in [1.29, 1.82) is 0 Å². The van der Waals surface area contributed by atoms with Crippen molar-refractivity contribution in [3.63, 3.8) is 0 Å². The van der Waals surface area contributed by atoms with Crippen molar-refractivity contribution in [2.24, 2.45) is 0 Å². The molecule has 11 heteroatoms. The fraction of sp³-hybridized carbons (Fsp3) is 0.0833. The molecule has 0 spiro atoms. The molecule has 1 heterocycles. The molecule has 4 rings (SSSR count). The highest BCUT2D eigenvalue weighted by atomic mass is 79.9. The fourth-order valence-electron chi connectivity index (χ4n) is 3.62. The van der Waals surface area contributed by atoms with Crippen LogP contribution in [0.4, 0.5) is 11.4 Å². The minimum absolute atomic E-state index is 0.0312. The molecule has 1 aliphatic heterocycles. The van der Waals surface area contributed by atoms with E-state index in [0.29, 0.717) is 37.2 Å². The Morgan fingerprint density at radius 3 is 2.20 bits per heavy atom. The first kappa shape index (κ1) is 24.8. The van der Waals surface area contributed by atoms with Crippen LogP contribution in [0, 0.1) is 0 Å². The van der Waals surface area contributed by atoms with Gasteiger partial charge in [0, 0.05) is 16.2 Å². The molecule has 35 heavy (non-hydrogen) atoms. The van der Waals surface area contributed by atoms with E-state index in [-0.39, 0.29) is 16.4 Å². The van der Waals surface area contributed by atoms with Crippen molar-refractivity contribution in [1.82, 2.24) is 5.32 Å². The molecule has 3 amide bonds. The highest BCUT2D eigenvalue weighted by Crippen LogP contribution is 2.37. The second-order valence-electron chi connectivity index (χ2n) is 7.25. The van der Waals surface area contributed by atoms with Crippen molar-refractivity contribution in [2.45, 2.75) is 0 Å². The number of halogens is 2. The van der Waals surface area contributed by atoms with Crippen LogP contribution in [-0.2, 0) is 0 Å². The average Bonchev–Trinajstić information content (AvgIpc) is 3.08. The number of hydrogen-bond donors (Lipinski definition) is 2. The Morgan fingerprint density at radius 2 is 1.60 bits per heavy atom. The van der Waals surface area contributed by atoms with Crippen LogP contribution < -0.4 is 25.0 Å². The maximum Gasteiger partial charge on any atom is 0.266 e. The summed E-state index contributed by atoms with van der Waals surface area (Å²) in [5.41, 5.74) is 1.72. The number of carbonyl (C=O) groups excluding carboxylic acids is 3. The van der Waals surface area contributed by atoms with Crippen LogP contribution in [0.3, 0.4) is 0 Å². The number of hydrogen-bond acceptors (Lipinski definition) is 6. The van der Waals surface area contributed by atoms with Crippen molar-refractivity contribution in [3.8, 4) is 11.5 Å². The number of carbonyl (C=O) groups is 3. The number of imide groups is 1. The Hall–Kier alpha value is -3.28. The smallest absolute Gasteiger partial charge is 0.266 e. The summed E-state index contributed by atoms with van der Waals surface area (Å²) in [6, 6.07) is 14.8. The van der Waals surface area contributed by atoms with Crippen LogP contribution in [0.1, 0.15) is 31.1 Å². The molecule has 0 saturated heterocycles. The van der Waals surface area contributed by atoms with E-state index < -0.39 is 17.7 Å². The number of thiocarbonyl (C=S) groups is 1. The number of ether oxygens (including phenoxy) is 2. The van der Waals surface area contributed by atoms with Gasteiger partial charge in [0.05, 0.1) is 41.1 Å². The first-order valence-corrected chi connectivity index (χ1v) is 12.1. The molecule has 0 saturated carbocycles. The van der Waals surface area contributed by atoms with Gasteiger partial charge in [-0.2, -0.15) is 0 Å². The van der Waals surface area contributed by atoms with Crippen LogP contribution in [0.2, 0.25) is 0 Å². The van der Waals surface area contributed by atoms with Gasteiger partial charge in [0.2, 0.25) is 0 Å². The zero-order valence-corrected chi connectivity index (χ0v) is 22.3. The van der Waals surface area contributed by atoms with Crippen LogP contribution >= 0.6 is 44.1 Å². The van der Waals surface area contributed by atoms with E-state index in [0.717, 1.165) is 4.90 Å². The van der Waals surface area contributed by atoms with Gasteiger partial charge in [-0.15, -0.1) is 0 Å². The van der Waals surface area contributed by atoms with Crippen LogP contribution in [-0.4, -0.2) is 37.1 Å². The van der Waals surface area contributed by atoms with Gasteiger partial charge in [-0.25, -0.2) is 4.90 Å². The highest BCUT2D eigenvalue weighted by Gasteiger charge is 2.37. The molecule has 0 aliphatic carbocycles. The summed E-state index contributed by atoms with van der Waals surface area (Å²) in [4.78, 5) is 39.6. The fourth-order valence-corrected chi connectivity index (χ4v) is 5.22. The Bertz CT molecular complexity index is 1360. The highest BCUT2D eigenvalue weighted by molar-refractivity contribution is 9.11. The van der Waals surface area contributed by atoms with E-state index in [2.05, 4.69) is 42.5 Å². The minimum Gasteiger partial charge on any atom is -0.495 e. The van der Waals surface area contributed by atoms with Crippen molar-refractivity contribution in [2.75, 3.05) is 24.4 Å². The van der Waals surface area contributed by atoms with Gasteiger partial charge in [0.25, 0.3) is 17.7 Å². The summed E-state index contributed by atoms with van der Waals surface area (Å²) in [7, 11) is 2.89. The number of amides is 3. The summed E-state index contributed by atoms with van der Waals surface area (Å²) in [5.74, 6) is -0.698. The Kier molecular flexibility index (Phi) is 7.20. The molecule has 2 N–H and O–H groups in total. The van der Waals surface area contributed by atoms with Gasteiger partial charge >= 0.3 is 0 Å². The number of methoxy groups -OCH3 is 2. The second kappa shape index (κ2) is 10.1. The predicted molar refractivity (Wildman–Crippen MR) is 143 cm³/mol. The lowest BCUT2D eigenvalue weighted by Crippen LogP contribution is -2.34. The third-order valence-electron chi connectivity index (χ3n) is 5.16. The van der Waals surface area contributed by atoms with E-state index in [1.165, 1.54) is 14.2 Å². The SMILES string of the molecule is COc1cc(NC(=S)NC(=O)c2cc(Br)cc(Br)c2OC)ccc1N1C(=O)c2ccccc2C1=O. The lowest BCUT2D eigenvalue weighted by Gasteiger charge is -2.19. The van der Waals surface area contributed by atoms with Crippen LogP contribution in [0.15, 0.2) is 63.5 Å². The number of nitrogens with zero attached hydrogens (tertiary/aromatic N) is 1. The Balaban J connectivity index is 1.53. The van der Waals surface area contributed by atoms with Gasteiger partial charge in [0.15, 0.2) is 5.11 Å². The Morgan fingerprint density at radius 1 is 0.943 bits per heavy atom. The standard InChI is InChI=1S/C24H17Br2N3O5S/c1-33-19-11-13(7-8-18(19)29-22(31)14-5-3-4-6-15(14)23(29)32)27-24(35)28-21(30)16-9-12(25)10-17(26)20(16)34-2/h3-11H,1-2H3,(H2,27,28,30,35). The summed E-state index contributed by atoms with van der Waals surface area (Å²) < 4.78 is 12.0. The maximum absolute atomic E-state index is 12.8. The van der Waals surface area contributed by atoms with Gasteiger partial charge in [0.1, 0.15) is 11.5 Å². The molecule has 3 aromatic rings. The zero-order valence-electron chi connectivity index (χ0n) is 18.3. The summed E-state index contributed by atoms with van der Waals surface area (Å²) >= 11 is 12.0. The third kappa shape index (κ3) is 4.79. The van der Waals surface area contributed by atoms with Gasteiger partial charge < -0.3 is 14.8 Å². The van der Waals surface area contributed by atoms with Crippen molar-refractivity contribution >= 4 is 78.3 Å². The normalized spacial score (nSPS) is 12.3. The average molecular weight is 619 g/mol. The Labute approximate surface area is 222 Å². The van der Waals surface area contributed by atoms with Crippen LogP contribution in [0.5, 0.6) is 11.5 Å². The first-order valence-electron chi connectivity index (χ1n) is 10.1. The predicted octanol–water partition coefficient (Wildman–Crippen LogP) is 5.16. The topological polar surface area (TPSA) is 97.0 Å². The van der Waals surface area contributed by atoms with Crippen LogP contribution in [0.25, 0.3) is 0 Å². The molecule has 8 nitrogen and oxygen atoms in total. The van der Waals surface area contributed by atoms with Crippen molar-refractivity contribution in [3.05, 3.63) is 80.2 Å². The van der Waals surface area contributed by atoms with Crippen molar-refractivity contribution < 1.29 is 23.9 Å². The number of fused-ring (bicyclic) bond motifs is 1. The van der Waals surface area contributed by atoms with E-state index in [9.17, 15) is 14.4 Å². The zero-order chi connectivity index (χ0) is 25.3. The largest absolute Gasteiger partial charge is 0.495 e. The molecular formula is C24H17Br2N3O5S. The number of benzene rings is 3. The number of anilines is 2. The molecule has 0 aromatic heterocycles. The van der Waals surface area contributed by atoms with E-state index >= 15 is 0 Å². The van der Waals surface area contributed by atoms with E-state index in [4.69, 9.17) is 21.7 Å². The molecule has 0 radical (unpaired) electrons. The molecule has 178 valence electrons. The van der Waals surface area contributed by atoms with Gasteiger partial charge in [-0.05, 0) is 64.5 Å². The number of rotatable bonds is 5. The van der Waals surface area contributed by atoms with Gasteiger partial charge in [-0.3, -0.25) is 19.7 Å². The summed E-state index contributed by atoms with van der Waals surface area (Å²) in [6.07, 6.45) is 0. The summed E-state index contributed by atoms with van der Waals surface area (Å²) in [6.45, 7) is 0. The molecule has 0 bridgehead atoms. The molecule has 0 unspecified atom stereocenters. The third-order valence-corrected chi connectivity index (χ3v) is 6.41. The lowest BCUT2D eigenvalue weighted by molar-refractivity contribution is 0.0922. The molecule has 3 aromatic carbocycles. The van der Waals surface area contributed by atoms with Gasteiger partial charge in [-0.1, -0.05) is 28.1 Å². The molecule has 1 aliphatic rings. The van der Waals surface area contributed by atoms with E-state index in [1.807, 2.05) is 0 Å². The molecular weight excluding hydrogens is 602 g/mol. The molecule has 0 fully saturated rings. The quantitative estimate of drug-likeness (QED) is 0.301. The monoisotopic (exact) mass is 617 g/mol. The number of nitrogens with one attached hydrogen (secondary N) is 2. The minimum atomic E-state index is -0.476. The van der Waals surface area contributed by atoms with E-state index in [1.54, 1.807) is 54.6 Å². The lowest BCUT2D eigenvalue weighted by atomic mass is 10.1. The molecule has 0 atom stereocenters. The second-order valence-corrected chi connectivity index (χ2v) is 9.43. The maximum atomic E-state index is 12.8.